The van der Waals surface area contributed by atoms with Crippen LogP contribution in [0.25, 0.3) is 0 Å². The Labute approximate surface area is 42.8 Å². The van der Waals surface area contributed by atoms with Gasteiger partial charge in [-0.15, -0.1) is 0 Å². The van der Waals surface area contributed by atoms with Crippen LogP contribution in [-0.2, 0) is 4.89 Å². The fourth-order valence-corrected chi connectivity index (χ4v) is 0.553. The fraction of sp³-hybridized carbons (Fsp3) is 0. The second-order valence-corrected chi connectivity index (χ2v) is 2.76. The zero-order valence-corrected chi connectivity index (χ0v) is 5.14. The third kappa shape index (κ3) is 4.07. The van der Waals surface area contributed by atoms with Gasteiger partial charge in [0.2, 0.25) is 0 Å². The maximum atomic E-state index is 11.1. The number of rotatable bonds is 2. The van der Waals surface area contributed by atoms with E-state index < -0.39 is 22.6 Å². The molecule has 0 saturated heterocycles. The van der Waals surface area contributed by atoms with Gasteiger partial charge in [0.1, 0.15) is 0 Å². The third-order valence-corrected chi connectivity index (χ3v) is 1.52. The SMILES string of the molecule is O=C(OO)PPF. The van der Waals surface area contributed by atoms with Crippen LogP contribution in [0.15, 0.2) is 0 Å². The second-order valence-electron chi connectivity index (χ2n) is 0.598. The van der Waals surface area contributed by atoms with Crippen molar-refractivity contribution >= 4 is 22.6 Å². The van der Waals surface area contributed by atoms with E-state index >= 15 is 0 Å². The summed E-state index contributed by atoms with van der Waals surface area (Å²) in [5, 5.41) is 7.46. The first kappa shape index (κ1) is 7.22. The molecule has 0 radical (unpaired) electrons. The standard InChI is InChI=1S/CH3FO3P2/c2-7-6-1(3)5-4/h4,6-7H. The minimum absolute atomic E-state index is 0.561. The van der Waals surface area contributed by atoms with Gasteiger partial charge in [-0.05, 0) is 0 Å². The van der Waals surface area contributed by atoms with Gasteiger partial charge in [-0.1, -0.05) is 0 Å². The Balaban J connectivity index is 3.00. The Morgan fingerprint density at radius 1 is 1.86 bits per heavy atom. The molecule has 0 aromatic rings. The molecule has 0 aromatic carbocycles. The van der Waals surface area contributed by atoms with Gasteiger partial charge in [-0.25, -0.2) is 8.99 Å². The van der Waals surface area contributed by atoms with E-state index in [4.69, 9.17) is 5.26 Å². The molecular formula is CH3FO3P2. The van der Waals surface area contributed by atoms with E-state index in [1.807, 2.05) is 0 Å². The van der Waals surface area contributed by atoms with Crippen LogP contribution < -0.4 is 0 Å². The molecular weight excluding hydrogens is 141 g/mol. The Bertz CT molecular complexity index is 66.0. The zero-order chi connectivity index (χ0) is 5.70. The van der Waals surface area contributed by atoms with Gasteiger partial charge in [0.15, 0.2) is 0 Å². The van der Waals surface area contributed by atoms with Crippen molar-refractivity contribution in [2.45, 2.75) is 0 Å². The summed E-state index contributed by atoms with van der Waals surface area (Å²) in [6.45, 7) is 0. The lowest BCUT2D eigenvalue weighted by Crippen LogP contribution is -1.83. The molecule has 0 aliphatic carbocycles. The van der Waals surface area contributed by atoms with Crippen molar-refractivity contribution in [1.29, 1.82) is 0 Å². The van der Waals surface area contributed by atoms with E-state index in [2.05, 4.69) is 4.89 Å². The average molecular weight is 144 g/mol. The summed E-state index contributed by atoms with van der Waals surface area (Å²) in [5.41, 5.74) is -0.902. The Hall–Kier alpha value is 0.220. The maximum Gasteiger partial charge on any atom is 0.364 e. The normalized spacial score (nSPS) is 11.7. The molecule has 0 heterocycles. The molecule has 1 N–H and O–H groups in total. The van der Waals surface area contributed by atoms with Crippen molar-refractivity contribution in [2.24, 2.45) is 0 Å². The van der Waals surface area contributed by atoms with Gasteiger partial charge in [0.05, 0.1) is 16.8 Å². The molecule has 0 rings (SSSR count). The first-order chi connectivity index (χ1) is 3.31. The highest BCUT2D eigenvalue weighted by atomic mass is 32.0. The molecule has 2 atom stereocenters. The van der Waals surface area contributed by atoms with Crippen molar-refractivity contribution in [2.75, 3.05) is 0 Å². The van der Waals surface area contributed by atoms with Gasteiger partial charge in [-0.2, -0.15) is 5.26 Å². The van der Waals surface area contributed by atoms with Crippen molar-refractivity contribution in [3.8, 4) is 0 Å². The molecule has 0 fully saturated rings. The number of carbonyl (C=O) groups excluding carboxylic acids is 1. The summed E-state index contributed by atoms with van der Waals surface area (Å²) in [4.78, 5) is 12.8. The molecule has 0 bridgehead atoms. The smallest absolute Gasteiger partial charge is 0.296 e. The van der Waals surface area contributed by atoms with E-state index in [1.165, 1.54) is 0 Å². The number of carbonyl (C=O) groups is 1. The van der Waals surface area contributed by atoms with Crippen LogP contribution in [-0.4, -0.2) is 11.0 Å². The fourth-order valence-electron chi connectivity index (χ4n) is 0.0614. The highest BCUT2D eigenvalue weighted by Crippen LogP contribution is 2.38. The van der Waals surface area contributed by atoms with E-state index in [-0.39, 0.29) is 0 Å². The van der Waals surface area contributed by atoms with Crippen LogP contribution in [0.3, 0.4) is 0 Å². The molecule has 42 valence electrons. The van der Waals surface area contributed by atoms with Gasteiger partial charge in [0, 0.05) is 0 Å². The lowest BCUT2D eigenvalue weighted by Gasteiger charge is -1.85. The molecule has 0 aliphatic heterocycles. The van der Waals surface area contributed by atoms with Crippen LogP contribution >= 0.6 is 16.8 Å². The largest absolute Gasteiger partial charge is 0.364 e. The summed E-state index contributed by atoms with van der Waals surface area (Å²) in [5.74, 6) is 0. The predicted molar refractivity (Wildman–Crippen MR) is 26.8 cm³/mol. The van der Waals surface area contributed by atoms with Gasteiger partial charge in [0.25, 0.3) is 0 Å². The number of halogens is 1. The minimum atomic E-state index is -0.962. The first-order valence-electron chi connectivity index (χ1n) is 1.28. The van der Waals surface area contributed by atoms with Crippen molar-refractivity contribution in [3.05, 3.63) is 0 Å². The molecule has 2 unspecified atom stereocenters. The summed E-state index contributed by atoms with van der Waals surface area (Å²) >= 11 is 0. The van der Waals surface area contributed by atoms with Gasteiger partial charge < -0.3 is 0 Å². The quantitative estimate of drug-likeness (QED) is 0.364. The van der Waals surface area contributed by atoms with Crippen molar-refractivity contribution in [1.82, 2.24) is 0 Å². The van der Waals surface area contributed by atoms with Crippen LogP contribution in [0.2, 0.25) is 0 Å². The highest BCUT2D eigenvalue weighted by Gasteiger charge is 1.97. The lowest BCUT2D eigenvalue weighted by molar-refractivity contribution is -0.166. The maximum absolute atomic E-state index is 11.1. The molecule has 0 spiro atoms. The number of hydrogen-bond acceptors (Lipinski definition) is 3. The Morgan fingerprint density at radius 3 is 2.57 bits per heavy atom. The Kier molecular flexibility index (Phi) is 4.52. The second kappa shape index (κ2) is 4.38. The third-order valence-electron chi connectivity index (χ3n) is 0.232. The molecule has 0 saturated carbocycles. The van der Waals surface area contributed by atoms with Crippen molar-refractivity contribution < 1.29 is 19.1 Å². The monoisotopic (exact) mass is 144 g/mol. The van der Waals surface area contributed by atoms with E-state index in [1.54, 1.807) is 0 Å². The van der Waals surface area contributed by atoms with Crippen LogP contribution in [0.4, 0.5) is 8.99 Å². The summed E-state index contributed by atoms with van der Waals surface area (Å²) in [7, 11) is -1.52. The van der Waals surface area contributed by atoms with Gasteiger partial charge in [-0.3, -0.25) is 4.89 Å². The number of hydrogen-bond donors (Lipinski definition) is 1. The highest BCUT2D eigenvalue weighted by molar-refractivity contribution is 8.17. The summed E-state index contributed by atoms with van der Waals surface area (Å²) in [6, 6.07) is 0. The topological polar surface area (TPSA) is 46.5 Å². The molecule has 6 heteroatoms. The van der Waals surface area contributed by atoms with Gasteiger partial charge >= 0.3 is 5.71 Å². The molecule has 3 nitrogen and oxygen atoms in total. The molecule has 0 amide bonds. The van der Waals surface area contributed by atoms with Crippen LogP contribution in [0.5, 0.6) is 0 Å². The van der Waals surface area contributed by atoms with Crippen LogP contribution in [0.1, 0.15) is 0 Å². The average Bonchev–Trinajstić information content (AvgIpc) is 1.68. The Morgan fingerprint density at radius 2 is 2.43 bits per heavy atom. The summed E-state index contributed by atoms with van der Waals surface area (Å²) in [6.07, 6.45) is 0. The van der Waals surface area contributed by atoms with E-state index in [9.17, 15) is 8.99 Å². The van der Waals surface area contributed by atoms with Crippen LogP contribution in [0, 0.1) is 0 Å². The minimum Gasteiger partial charge on any atom is -0.296 e. The van der Waals surface area contributed by atoms with E-state index in [0.717, 1.165) is 0 Å². The molecule has 7 heavy (non-hydrogen) atoms. The first-order valence-corrected chi connectivity index (χ1v) is 4.16. The zero-order valence-electron chi connectivity index (χ0n) is 3.14. The molecule has 0 aromatic heterocycles. The van der Waals surface area contributed by atoms with Crippen molar-refractivity contribution in [3.63, 3.8) is 0 Å². The molecule has 0 aliphatic rings. The van der Waals surface area contributed by atoms with E-state index in [0.29, 0.717) is 0 Å². The lowest BCUT2D eigenvalue weighted by atomic mass is 11.6. The predicted octanol–water partition coefficient (Wildman–Crippen LogP) is 1.75. The summed E-state index contributed by atoms with van der Waals surface area (Å²) < 4.78 is 11.1.